The first-order chi connectivity index (χ1) is 26.7. The Labute approximate surface area is 319 Å². The van der Waals surface area contributed by atoms with Crippen LogP contribution < -0.4 is 0 Å². The quantitative estimate of drug-likeness (QED) is 0.0876. The van der Waals surface area contributed by atoms with Gasteiger partial charge in [-0.15, -0.1) is 0 Å². The van der Waals surface area contributed by atoms with Crippen LogP contribution in [-0.2, 0) is 71.3 Å². The van der Waals surface area contributed by atoms with Crippen LogP contribution in [0.3, 0.4) is 0 Å². The Morgan fingerprint density at radius 1 is 0.554 bits per heavy atom. The zero-order valence-electron chi connectivity index (χ0n) is 30.7. The highest BCUT2D eigenvalue weighted by Crippen LogP contribution is 2.36. The van der Waals surface area contributed by atoms with Crippen molar-refractivity contribution in [2.24, 2.45) is 5.11 Å². The maximum Gasteiger partial charge on any atom is 0.338 e. The molecule has 2 fully saturated rings. The highest BCUT2D eigenvalue weighted by atomic mass is 16.8. The summed E-state index contributed by atoms with van der Waals surface area (Å²) in [6, 6.07) is 13.7. The van der Waals surface area contributed by atoms with Crippen LogP contribution in [-0.4, -0.2) is 116 Å². The van der Waals surface area contributed by atoms with E-state index in [1.807, 2.05) is 0 Å². The van der Waals surface area contributed by atoms with Crippen molar-refractivity contribution in [3.8, 4) is 0 Å². The average molecular weight is 786 g/mol. The van der Waals surface area contributed by atoms with Crippen LogP contribution in [0.15, 0.2) is 65.8 Å². The van der Waals surface area contributed by atoms with Crippen LogP contribution in [0, 0.1) is 0 Å². The molecule has 0 bridgehead atoms. The lowest BCUT2D eigenvalue weighted by Gasteiger charge is -2.48. The third-order valence-corrected chi connectivity index (χ3v) is 7.96. The van der Waals surface area contributed by atoms with E-state index in [0.29, 0.717) is 0 Å². The Kier molecular flexibility index (Phi) is 15.2. The monoisotopic (exact) mass is 785 g/mol. The molecule has 2 aliphatic rings. The molecular formula is C36H39N3O17. The number of esters is 7. The van der Waals surface area contributed by atoms with E-state index in [1.54, 1.807) is 36.4 Å². The van der Waals surface area contributed by atoms with Crippen LogP contribution in [0.4, 0.5) is 0 Å². The van der Waals surface area contributed by atoms with E-state index in [9.17, 15) is 39.1 Å². The highest BCUT2D eigenvalue weighted by Gasteiger charge is 2.57. The number of nitrogens with zero attached hydrogens (tertiary/aromatic N) is 3. The Bertz CT molecular complexity index is 1790. The lowest BCUT2D eigenvalue weighted by molar-refractivity contribution is -0.345. The average Bonchev–Trinajstić information content (AvgIpc) is 3.14. The number of carbonyl (C=O) groups excluding carboxylic acids is 7. The van der Waals surface area contributed by atoms with Gasteiger partial charge >= 0.3 is 41.8 Å². The standard InChI is InChI=1S/C36H39N3O17/c1-18(40)47-16-25-29(49-19(2)41)31(50-20(3)42)32(51-21(4)43)36(54-25)56-28-26(17-48-33(45)23-12-8-6-9-13-23)53-35(52-22(5)44)27(38-39-37)30(28)55-34(46)24-14-10-7-11-15-24/h6-15,25-32,35-36H,16-17H2,1-5H3/t25-,26-,27+,28-,29+,30-,31+,32-,35+,36+/m1/s1. The van der Waals surface area contributed by atoms with Crippen molar-refractivity contribution in [1.29, 1.82) is 0 Å². The molecule has 20 heteroatoms. The first kappa shape index (κ1) is 42.7. The zero-order chi connectivity index (χ0) is 40.9. The molecule has 4 rings (SSSR count). The largest absolute Gasteiger partial charge is 0.463 e. The molecule has 2 aromatic carbocycles. The van der Waals surface area contributed by atoms with Crippen molar-refractivity contribution >= 4 is 41.8 Å². The molecule has 2 aliphatic heterocycles. The van der Waals surface area contributed by atoms with Crippen molar-refractivity contribution in [3.05, 3.63) is 82.2 Å². The highest BCUT2D eigenvalue weighted by molar-refractivity contribution is 5.90. The van der Waals surface area contributed by atoms with Crippen molar-refractivity contribution in [3.63, 3.8) is 0 Å². The van der Waals surface area contributed by atoms with E-state index in [-0.39, 0.29) is 11.1 Å². The van der Waals surface area contributed by atoms with E-state index in [1.165, 1.54) is 24.3 Å². The van der Waals surface area contributed by atoms with E-state index < -0.39 is 116 Å². The van der Waals surface area contributed by atoms with Gasteiger partial charge in [0, 0.05) is 39.5 Å². The fourth-order valence-corrected chi connectivity index (χ4v) is 5.80. The fourth-order valence-electron chi connectivity index (χ4n) is 5.80. The summed E-state index contributed by atoms with van der Waals surface area (Å²) >= 11 is 0. The molecule has 0 aliphatic carbocycles. The molecule has 2 aromatic rings. The molecular weight excluding hydrogens is 746 g/mol. The Hall–Kier alpha value is -6.08. The minimum atomic E-state index is -1.88. The van der Waals surface area contributed by atoms with Gasteiger partial charge in [0.2, 0.25) is 6.29 Å². The topological polar surface area (TPSA) is 261 Å². The zero-order valence-corrected chi connectivity index (χ0v) is 30.7. The lowest BCUT2D eigenvalue weighted by Crippen LogP contribution is -2.66. The Morgan fingerprint density at radius 3 is 1.57 bits per heavy atom. The third-order valence-electron chi connectivity index (χ3n) is 7.96. The van der Waals surface area contributed by atoms with Gasteiger partial charge in [-0.25, -0.2) is 9.59 Å². The first-order valence-corrected chi connectivity index (χ1v) is 17.0. The molecule has 56 heavy (non-hydrogen) atoms. The van der Waals surface area contributed by atoms with Crippen LogP contribution in [0.5, 0.6) is 0 Å². The summed E-state index contributed by atoms with van der Waals surface area (Å²) in [6.07, 6.45) is -15.1. The summed E-state index contributed by atoms with van der Waals surface area (Å²) in [6.45, 7) is 3.89. The maximum absolute atomic E-state index is 13.6. The van der Waals surface area contributed by atoms with Crippen molar-refractivity contribution < 1.29 is 80.9 Å². The van der Waals surface area contributed by atoms with Gasteiger partial charge in [0.05, 0.1) is 11.1 Å². The minimum absolute atomic E-state index is 0.0285. The second-order valence-electron chi connectivity index (χ2n) is 12.2. The normalized spacial score (nSPS) is 26.9. The SMILES string of the molecule is CC(=O)OC[C@H]1O[C@@H](O[C@H]2[C@H](OC(=O)c3ccccc3)[C@H](N=[N+]=[N-])[C@@H](OC(C)=O)O[C@@H]2COC(=O)c2ccccc2)[C@H](OC(C)=O)[C@@H](OC(C)=O)[C@H]1OC(C)=O. The second-order valence-corrected chi connectivity index (χ2v) is 12.2. The number of benzene rings is 2. The molecule has 0 spiro atoms. The van der Waals surface area contributed by atoms with Crippen LogP contribution in [0.25, 0.3) is 10.4 Å². The number of carbonyl (C=O) groups is 7. The Balaban J connectivity index is 1.86. The van der Waals surface area contributed by atoms with Crippen molar-refractivity contribution in [2.75, 3.05) is 13.2 Å². The summed E-state index contributed by atoms with van der Waals surface area (Å²) in [4.78, 5) is 90.9. The summed E-state index contributed by atoms with van der Waals surface area (Å²) in [5, 5.41) is 3.70. The fraction of sp³-hybridized carbons (Fsp3) is 0.472. The summed E-state index contributed by atoms with van der Waals surface area (Å²) in [5.41, 5.74) is 9.78. The molecule has 2 saturated heterocycles. The van der Waals surface area contributed by atoms with Gasteiger partial charge in [0.1, 0.15) is 43.7 Å². The molecule has 0 aromatic heterocycles. The second kappa shape index (κ2) is 20.0. The van der Waals surface area contributed by atoms with Gasteiger partial charge in [-0.05, 0) is 29.8 Å². The van der Waals surface area contributed by atoms with Gasteiger partial charge in [0.25, 0.3) is 0 Å². The van der Waals surface area contributed by atoms with Crippen molar-refractivity contribution in [2.45, 2.75) is 96.0 Å². The van der Waals surface area contributed by atoms with E-state index in [4.69, 9.17) is 47.4 Å². The molecule has 10 atom stereocenters. The molecule has 0 amide bonds. The first-order valence-electron chi connectivity index (χ1n) is 17.0. The smallest absolute Gasteiger partial charge is 0.338 e. The van der Waals surface area contributed by atoms with Gasteiger partial charge in [-0.3, -0.25) is 24.0 Å². The number of azide groups is 1. The summed E-state index contributed by atoms with van der Waals surface area (Å²) < 4.78 is 56.8. The summed E-state index contributed by atoms with van der Waals surface area (Å²) in [7, 11) is 0. The van der Waals surface area contributed by atoms with Crippen LogP contribution >= 0.6 is 0 Å². The lowest BCUT2D eigenvalue weighted by atomic mass is 9.95. The number of ether oxygens (including phenoxy) is 10. The number of hydrogen-bond acceptors (Lipinski definition) is 18. The Morgan fingerprint density at radius 2 is 1.04 bits per heavy atom. The molecule has 0 N–H and O–H groups in total. The molecule has 0 saturated carbocycles. The minimum Gasteiger partial charge on any atom is -0.463 e. The van der Waals surface area contributed by atoms with Gasteiger partial charge in [0.15, 0.2) is 24.6 Å². The van der Waals surface area contributed by atoms with Crippen LogP contribution in [0.2, 0.25) is 0 Å². The van der Waals surface area contributed by atoms with E-state index in [2.05, 4.69) is 10.0 Å². The van der Waals surface area contributed by atoms with E-state index in [0.717, 1.165) is 34.6 Å². The van der Waals surface area contributed by atoms with Gasteiger partial charge in [-0.2, -0.15) is 0 Å². The predicted octanol–water partition coefficient (Wildman–Crippen LogP) is 2.50. The molecule has 300 valence electrons. The van der Waals surface area contributed by atoms with Crippen LogP contribution in [0.1, 0.15) is 55.3 Å². The molecule has 20 nitrogen and oxygen atoms in total. The predicted molar refractivity (Wildman–Crippen MR) is 183 cm³/mol. The number of rotatable bonds is 14. The van der Waals surface area contributed by atoms with Gasteiger partial charge in [-0.1, -0.05) is 41.5 Å². The molecule has 0 radical (unpaired) electrons. The summed E-state index contributed by atoms with van der Waals surface area (Å²) in [5.74, 6) is -6.25. The van der Waals surface area contributed by atoms with E-state index >= 15 is 0 Å². The maximum atomic E-state index is 13.6. The molecule has 2 heterocycles. The van der Waals surface area contributed by atoms with Crippen molar-refractivity contribution in [1.82, 2.24) is 0 Å². The van der Waals surface area contributed by atoms with Gasteiger partial charge < -0.3 is 47.4 Å². The number of hydrogen-bond donors (Lipinski definition) is 0. The third kappa shape index (κ3) is 11.7. The molecule has 0 unspecified atom stereocenters.